The highest BCUT2D eigenvalue weighted by Crippen LogP contribution is 2.56. The molecule has 3 heterocycles. The van der Waals surface area contributed by atoms with Crippen LogP contribution in [0, 0.1) is 68.0 Å². The van der Waals surface area contributed by atoms with Gasteiger partial charge in [-0.2, -0.15) is 31.6 Å². The van der Waals surface area contributed by atoms with Crippen molar-refractivity contribution in [2.45, 2.75) is 24.2 Å². The molecule has 12 heteroatoms. The first-order chi connectivity index (χ1) is 14.6. The monoisotopic (exact) mass is 392 g/mol. The lowest BCUT2D eigenvalue weighted by Crippen LogP contribution is -2.42. The molecule has 140 valence electrons. The van der Waals surface area contributed by atoms with Gasteiger partial charge in [0.05, 0.1) is 47.0 Å². The fourth-order valence-corrected chi connectivity index (χ4v) is 3.36. The van der Waals surface area contributed by atoms with E-state index in [0.29, 0.717) is 17.1 Å². The summed E-state index contributed by atoms with van der Waals surface area (Å²) in [5, 5.41) is 68.0. The van der Waals surface area contributed by atoms with Crippen LogP contribution < -0.4 is 21.3 Å². The summed E-state index contributed by atoms with van der Waals surface area (Å²) in [5.41, 5.74) is 1.41. The quantitative estimate of drug-likeness (QED) is 0.493. The highest BCUT2D eigenvalue weighted by atomic mass is 15.2. The summed E-state index contributed by atoms with van der Waals surface area (Å²) in [6, 6.07) is 7.66. The number of benzene rings is 1. The Bertz CT molecular complexity index is 1290. The Balaban J connectivity index is 2.06. The zero-order valence-corrected chi connectivity index (χ0v) is 14.9. The molecule has 4 rings (SSSR count). The van der Waals surface area contributed by atoms with Crippen LogP contribution in [0.25, 0.3) is 0 Å². The summed E-state index contributed by atoms with van der Waals surface area (Å²) >= 11 is 0. The van der Waals surface area contributed by atoms with Gasteiger partial charge in [-0.25, -0.2) is 9.98 Å². The van der Waals surface area contributed by atoms with E-state index in [0.717, 1.165) is 0 Å². The van der Waals surface area contributed by atoms with Crippen molar-refractivity contribution in [1.29, 1.82) is 31.6 Å². The summed E-state index contributed by atoms with van der Waals surface area (Å²) in [7, 11) is 0. The molecule has 0 aromatic heterocycles. The van der Waals surface area contributed by atoms with Gasteiger partial charge >= 0.3 is 0 Å². The molecule has 1 aromatic rings. The molecular formula is C18H8N12. The Hall–Kier alpha value is -5.30. The largest absolute Gasteiger partial charge is 0.364 e. The van der Waals surface area contributed by atoms with Gasteiger partial charge in [-0.1, -0.05) is 0 Å². The van der Waals surface area contributed by atoms with Crippen LogP contribution in [0.5, 0.6) is 0 Å². The Kier molecular flexibility index (Phi) is 4.04. The van der Waals surface area contributed by atoms with E-state index in [1.54, 1.807) is 0 Å². The van der Waals surface area contributed by atoms with Crippen molar-refractivity contribution in [3.8, 4) is 36.4 Å². The van der Waals surface area contributed by atoms with E-state index in [1.165, 1.54) is 0 Å². The van der Waals surface area contributed by atoms with E-state index in [1.807, 2.05) is 36.4 Å². The summed E-state index contributed by atoms with van der Waals surface area (Å²) in [6.07, 6.45) is 0. The third-order valence-electron chi connectivity index (χ3n) is 4.73. The minimum Gasteiger partial charge on any atom is -0.364 e. The van der Waals surface area contributed by atoms with Crippen molar-refractivity contribution in [1.82, 2.24) is 0 Å². The number of hydrogen-bond acceptors (Lipinski definition) is 12. The van der Waals surface area contributed by atoms with Gasteiger partial charge in [0.15, 0.2) is 23.5 Å². The van der Waals surface area contributed by atoms with Gasteiger partial charge in [-0.05, 0) is 0 Å². The van der Waals surface area contributed by atoms with Crippen LogP contribution in [0.1, 0.15) is 0 Å². The minimum atomic E-state index is -1.05. The zero-order valence-electron chi connectivity index (χ0n) is 14.9. The normalized spacial score (nSPS) is 24.6. The molecular weight excluding hydrogens is 384 g/mol. The average molecular weight is 392 g/mol. The Labute approximate surface area is 169 Å². The first-order valence-corrected chi connectivity index (χ1v) is 8.46. The molecule has 0 fully saturated rings. The predicted octanol–water partition coefficient (Wildman–Crippen LogP) is 1.14. The zero-order chi connectivity index (χ0) is 21.4. The molecule has 0 aliphatic carbocycles. The van der Waals surface area contributed by atoms with E-state index >= 15 is 0 Å². The second-order valence-corrected chi connectivity index (χ2v) is 6.33. The van der Waals surface area contributed by atoms with Gasteiger partial charge in [0.25, 0.3) is 0 Å². The molecule has 0 spiro atoms. The fraction of sp³-hybridized carbons (Fsp3) is 0.222. The minimum absolute atomic E-state index is 0.0898. The van der Waals surface area contributed by atoms with Crippen molar-refractivity contribution < 1.29 is 0 Å². The van der Waals surface area contributed by atoms with E-state index in [2.05, 4.69) is 31.3 Å². The lowest BCUT2D eigenvalue weighted by atomic mass is 9.97. The van der Waals surface area contributed by atoms with Crippen LogP contribution in [0.2, 0.25) is 0 Å². The summed E-state index contributed by atoms with van der Waals surface area (Å²) in [6.45, 7) is 0. The summed E-state index contributed by atoms with van der Waals surface area (Å²) < 4.78 is 0. The lowest BCUT2D eigenvalue weighted by Gasteiger charge is -2.36. The van der Waals surface area contributed by atoms with E-state index in [4.69, 9.17) is 0 Å². The molecule has 0 saturated carbocycles. The molecule has 3 aliphatic rings. The second kappa shape index (κ2) is 6.70. The lowest BCUT2D eigenvalue weighted by molar-refractivity contribution is 0.793. The molecule has 4 atom stereocenters. The van der Waals surface area contributed by atoms with Crippen molar-refractivity contribution in [2.75, 3.05) is 21.3 Å². The number of anilines is 4. The Morgan fingerprint density at radius 3 is 1.40 bits per heavy atom. The Morgan fingerprint density at radius 1 is 0.533 bits per heavy atom. The van der Waals surface area contributed by atoms with Gasteiger partial charge in [-0.3, -0.25) is 0 Å². The third-order valence-corrected chi connectivity index (χ3v) is 4.73. The summed E-state index contributed by atoms with van der Waals surface area (Å²) in [4.78, 5) is 8.56. The number of hydrogen-bond donors (Lipinski definition) is 4. The number of rotatable bonds is 0. The molecule has 4 N–H and O–H groups in total. The first-order valence-electron chi connectivity index (χ1n) is 8.46. The maximum Gasteiger partial charge on any atom is 0.167 e. The number of nitrogens with zero attached hydrogens (tertiary/aromatic N) is 8. The highest BCUT2D eigenvalue weighted by molar-refractivity contribution is 6.19. The number of fused-ring (bicyclic) bond motifs is 6. The van der Waals surface area contributed by atoms with E-state index in [-0.39, 0.29) is 28.5 Å². The van der Waals surface area contributed by atoms with Crippen LogP contribution in [-0.2, 0) is 0 Å². The molecule has 12 nitrogen and oxygen atoms in total. The average Bonchev–Trinajstić information content (AvgIpc) is 2.81. The van der Waals surface area contributed by atoms with Crippen molar-refractivity contribution >= 4 is 45.5 Å². The van der Waals surface area contributed by atoms with Crippen molar-refractivity contribution in [3.63, 3.8) is 0 Å². The van der Waals surface area contributed by atoms with Crippen LogP contribution in [0.4, 0.5) is 34.1 Å². The SMILES string of the molecule is N#CC1=Nc2c(c3c(c4c2NC(C#N)C(C#N)N4)NC(C#N)C(C#N)=N3)NC1C#N. The topological polar surface area (TPSA) is 216 Å². The predicted molar refractivity (Wildman–Crippen MR) is 104 cm³/mol. The number of aliphatic imine (C=N–C) groups is 2. The van der Waals surface area contributed by atoms with Crippen LogP contribution in [0.3, 0.4) is 0 Å². The first kappa shape index (κ1) is 18.1. The summed E-state index contributed by atoms with van der Waals surface area (Å²) in [5.74, 6) is 0. The van der Waals surface area contributed by atoms with E-state index in [9.17, 15) is 31.6 Å². The highest BCUT2D eigenvalue weighted by Gasteiger charge is 2.39. The van der Waals surface area contributed by atoms with Gasteiger partial charge in [0.1, 0.15) is 35.6 Å². The molecule has 3 aliphatic heterocycles. The fourth-order valence-electron chi connectivity index (χ4n) is 3.36. The molecule has 4 unspecified atom stereocenters. The molecule has 0 amide bonds. The molecule has 0 radical (unpaired) electrons. The van der Waals surface area contributed by atoms with Crippen LogP contribution in [0.15, 0.2) is 9.98 Å². The van der Waals surface area contributed by atoms with Gasteiger partial charge in [0, 0.05) is 0 Å². The van der Waals surface area contributed by atoms with Crippen molar-refractivity contribution in [2.24, 2.45) is 9.98 Å². The van der Waals surface area contributed by atoms with E-state index < -0.39 is 24.2 Å². The molecule has 30 heavy (non-hydrogen) atoms. The second-order valence-electron chi connectivity index (χ2n) is 6.33. The van der Waals surface area contributed by atoms with Gasteiger partial charge < -0.3 is 21.3 Å². The van der Waals surface area contributed by atoms with Gasteiger partial charge in [0.2, 0.25) is 0 Å². The third kappa shape index (κ3) is 2.40. The maximum atomic E-state index is 9.42. The van der Waals surface area contributed by atoms with Crippen LogP contribution in [-0.4, -0.2) is 35.6 Å². The molecule has 0 saturated heterocycles. The molecule has 0 bridgehead atoms. The number of nitrogens with one attached hydrogen (secondary N) is 4. The molecule has 1 aromatic carbocycles. The van der Waals surface area contributed by atoms with Crippen LogP contribution >= 0.6 is 0 Å². The number of nitriles is 6. The smallest absolute Gasteiger partial charge is 0.167 e. The maximum absolute atomic E-state index is 9.42. The standard InChI is InChI=1S/C18H8N12/c19-1-7-8(2-20)26-14-13(25-7)15-17(29-10(4-22)9(3-21)27-15)18-16(14)28-11(5-23)12(6-24)30-18/h7-9,12,25-27,30H. The Morgan fingerprint density at radius 2 is 0.967 bits per heavy atom. The van der Waals surface area contributed by atoms with Crippen molar-refractivity contribution in [3.05, 3.63) is 0 Å². The van der Waals surface area contributed by atoms with Gasteiger partial charge in [-0.15, -0.1) is 0 Å².